The van der Waals surface area contributed by atoms with Gasteiger partial charge in [-0.2, -0.15) is 0 Å². The highest BCUT2D eigenvalue weighted by atomic mass is 19.2. The van der Waals surface area contributed by atoms with Crippen molar-refractivity contribution in [1.29, 1.82) is 0 Å². The lowest BCUT2D eigenvalue weighted by Crippen LogP contribution is -2.62. The molecule has 2 aliphatic carbocycles. The first-order valence-electron chi connectivity index (χ1n) is 14.8. The summed E-state index contributed by atoms with van der Waals surface area (Å²) in [4.78, 5) is 29.5. The second kappa shape index (κ2) is 10.3. The van der Waals surface area contributed by atoms with Crippen LogP contribution in [0.3, 0.4) is 0 Å². The first-order valence-corrected chi connectivity index (χ1v) is 14.8. The van der Waals surface area contributed by atoms with Crippen LogP contribution in [-0.2, 0) is 25.1 Å². The van der Waals surface area contributed by atoms with Gasteiger partial charge in [-0.1, -0.05) is 91.0 Å². The number of halogens is 2. The largest absolute Gasteiger partial charge is 0.482 e. The highest BCUT2D eigenvalue weighted by Crippen LogP contribution is 2.55. The maximum Gasteiger partial charge on any atom is 0.278 e. The van der Waals surface area contributed by atoms with E-state index < -0.39 is 22.6 Å². The molecule has 0 fully saturated rings. The van der Waals surface area contributed by atoms with Crippen molar-refractivity contribution in [3.8, 4) is 5.75 Å². The van der Waals surface area contributed by atoms with Gasteiger partial charge in [0.2, 0.25) is 5.43 Å². The number of aromatic nitrogens is 1. The maximum atomic E-state index is 15.1. The van der Waals surface area contributed by atoms with Crippen LogP contribution in [0.2, 0.25) is 0 Å². The van der Waals surface area contributed by atoms with Crippen LogP contribution in [0.4, 0.5) is 8.78 Å². The topological polar surface area (TPSA) is 54.8 Å². The van der Waals surface area contributed by atoms with Crippen molar-refractivity contribution in [2.24, 2.45) is 0 Å². The predicted octanol–water partition coefficient (Wildman–Crippen LogP) is 6.15. The second-order valence-corrected chi connectivity index (χ2v) is 11.6. The lowest BCUT2D eigenvalue weighted by atomic mass is 9.83. The van der Waals surface area contributed by atoms with E-state index in [2.05, 4.69) is 0 Å². The summed E-state index contributed by atoms with van der Waals surface area (Å²) in [6.07, 6.45) is 4.06. The summed E-state index contributed by atoms with van der Waals surface area (Å²) >= 11 is 0. The predicted molar refractivity (Wildman–Crippen MR) is 166 cm³/mol. The minimum absolute atomic E-state index is 0.0640. The normalized spacial score (nSPS) is 17.8. The zero-order valence-electron chi connectivity index (χ0n) is 24.1. The minimum atomic E-state index is -1.07. The Morgan fingerprint density at radius 1 is 0.778 bits per heavy atom. The molecular formula is C37H27F2N3O3. The first-order chi connectivity index (χ1) is 21.9. The van der Waals surface area contributed by atoms with Crippen LogP contribution in [0.15, 0.2) is 120 Å². The molecule has 8 heteroatoms. The van der Waals surface area contributed by atoms with E-state index >= 15 is 4.39 Å². The van der Waals surface area contributed by atoms with E-state index in [9.17, 15) is 14.0 Å². The third-order valence-corrected chi connectivity index (χ3v) is 8.98. The van der Waals surface area contributed by atoms with Crippen LogP contribution < -0.4 is 15.2 Å². The molecule has 222 valence electrons. The highest BCUT2D eigenvalue weighted by molar-refractivity contribution is 5.96. The van der Waals surface area contributed by atoms with Gasteiger partial charge in [0.15, 0.2) is 23.1 Å². The zero-order valence-corrected chi connectivity index (χ0v) is 24.1. The van der Waals surface area contributed by atoms with Gasteiger partial charge < -0.3 is 9.64 Å². The van der Waals surface area contributed by atoms with Crippen LogP contribution in [0.5, 0.6) is 5.75 Å². The maximum absolute atomic E-state index is 15.1. The quantitative estimate of drug-likeness (QED) is 0.235. The van der Waals surface area contributed by atoms with Gasteiger partial charge in [0.25, 0.3) is 5.91 Å². The number of hydrogen-bond donors (Lipinski definition) is 0. The molecule has 1 aromatic heterocycles. The average molecular weight is 600 g/mol. The summed E-state index contributed by atoms with van der Waals surface area (Å²) in [5, 5.41) is 1.99. The number of ether oxygens (including phenoxy) is 1. The Kier molecular flexibility index (Phi) is 6.20. The number of carbonyl (C=O) groups excluding carboxylic acids is 1. The van der Waals surface area contributed by atoms with Crippen molar-refractivity contribution in [3.05, 3.63) is 176 Å². The molecule has 2 heterocycles. The number of benzene rings is 4. The summed E-state index contributed by atoms with van der Waals surface area (Å²) in [7, 11) is 0. The molecule has 6 nitrogen and oxygen atoms in total. The molecule has 0 radical (unpaired) electrons. The van der Waals surface area contributed by atoms with Gasteiger partial charge in [0.05, 0.1) is 0 Å². The van der Waals surface area contributed by atoms with Gasteiger partial charge in [-0.05, 0) is 57.5 Å². The number of carbonyl (C=O) groups is 1. The van der Waals surface area contributed by atoms with Gasteiger partial charge in [-0.25, -0.2) is 8.78 Å². The van der Waals surface area contributed by atoms with Gasteiger partial charge in [-0.15, -0.1) is 0 Å². The first kappa shape index (κ1) is 27.1. The van der Waals surface area contributed by atoms with Gasteiger partial charge in [0.1, 0.15) is 18.8 Å². The molecule has 45 heavy (non-hydrogen) atoms. The van der Waals surface area contributed by atoms with E-state index in [1.807, 2.05) is 96.0 Å². The van der Waals surface area contributed by atoms with E-state index in [0.717, 1.165) is 27.8 Å². The Labute approximate surface area is 258 Å². The molecule has 4 aromatic carbocycles. The molecule has 0 saturated heterocycles. The van der Waals surface area contributed by atoms with Gasteiger partial charge in [-0.3, -0.25) is 19.3 Å². The average Bonchev–Trinajstić information content (AvgIpc) is 3.54. The molecule has 3 aliphatic rings. The smallest absolute Gasteiger partial charge is 0.278 e. The number of nitrogens with zero attached hydrogens (tertiary/aromatic N) is 3. The van der Waals surface area contributed by atoms with E-state index in [-0.39, 0.29) is 37.2 Å². The highest BCUT2D eigenvalue weighted by Gasteiger charge is 2.55. The third kappa shape index (κ3) is 4.13. The fourth-order valence-corrected chi connectivity index (χ4v) is 7.05. The number of rotatable bonds is 6. The van der Waals surface area contributed by atoms with Crippen LogP contribution in [0.25, 0.3) is 6.08 Å². The molecule has 5 aromatic rings. The summed E-state index contributed by atoms with van der Waals surface area (Å²) in [5.74, 6) is -2.30. The molecule has 0 bridgehead atoms. The molecule has 1 atom stereocenters. The van der Waals surface area contributed by atoms with Gasteiger partial charge in [0, 0.05) is 18.8 Å². The number of fused-ring (bicyclic) bond motifs is 6. The van der Waals surface area contributed by atoms with Crippen molar-refractivity contribution < 1.29 is 18.3 Å². The standard InChI is InChI=1S/C37H27F2N3O3/c38-31-19-27-18-28-17-26-13-7-8-14-29(26)37(28,30(27)20-32(31)39)42-23-40(21-24-9-3-1-4-10-24)36(44)34-35(33(43)15-16-41(34)42)45-22-25-11-5-2-6-12-25/h1-16,18-20H,17,21-23H2. The molecule has 0 N–H and O–H groups in total. The fraction of sp³-hybridized carbons (Fsp3) is 0.135. The van der Waals surface area contributed by atoms with E-state index in [0.29, 0.717) is 17.5 Å². The number of pyridine rings is 1. The summed E-state index contributed by atoms with van der Waals surface area (Å²) in [6, 6.07) is 30.8. The van der Waals surface area contributed by atoms with E-state index in [4.69, 9.17) is 4.74 Å². The molecule has 1 unspecified atom stereocenters. The SMILES string of the molecule is O=C1c2c(OCc3ccccc3)c(=O)ccn2N(C23C(=Cc4cc(F)c(F)cc42)Cc2ccccc23)CN1Cc1ccccc1. The second-order valence-electron chi connectivity index (χ2n) is 11.6. The summed E-state index contributed by atoms with van der Waals surface area (Å²) < 4.78 is 37.5. The Hall–Kier alpha value is -5.50. The van der Waals surface area contributed by atoms with Crippen LogP contribution in [-0.4, -0.2) is 22.2 Å². The Bertz CT molecular complexity index is 2080. The Balaban J connectivity index is 1.36. The van der Waals surface area contributed by atoms with Crippen molar-refractivity contribution in [1.82, 2.24) is 9.58 Å². The Morgan fingerprint density at radius 3 is 2.24 bits per heavy atom. The molecule has 1 aliphatic heterocycles. The molecule has 8 rings (SSSR count). The van der Waals surface area contributed by atoms with Crippen molar-refractivity contribution in [3.63, 3.8) is 0 Å². The number of amides is 1. The van der Waals surface area contributed by atoms with Gasteiger partial charge >= 0.3 is 0 Å². The molecular weight excluding hydrogens is 572 g/mol. The summed E-state index contributed by atoms with van der Waals surface area (Å²) in [6.45, 7) is 0.455. The lowest BCUT2D eigenvalue weighted by molar-refractivity contribution is 0.0649. The van der Waals surface area contributed by atoms with E-state index in [1.165, 1.54) is 18.2 Å². The van der Waals surface area contributed by atoms with Crippen molar-refractivity contribution in [2.75, 3.05) is 11.7 Å². The Morgan fingerprint density at radius 2 is 1.47 bits per heavy atom. The fourth-order valence-electron chi connectivity index (χ4n) is 7.05. The van der Waals surface area contributed by atoms with Crippen molar-refractivity contribution in [2.45, 2.75) is 25.1 Å². The lowest BCUT2D eigenvalue weighted by Gasteiger charge is -2.49. The summed E-state index contributed by atoms with van der Waals surface area (Å²) in [5.41, 5.74) is 4.37. The van der Waals surface area contributed by atoms with E-state index in [1.54, 1.807) is 15.8 Å². The van der Waals surface area contributed by atoms with Crippen molar-refractivity contribution >= 4 is 12.0 Å². The van der Waals surface area contributed by atoms with Crippen LogP contribution in [0, 0.1) is 11.6 Å². The third-order valence-electron chi connectivity index (χ3n) is 8.98. The minimum Gasteiger partial charge on any atom is -0.482 e. The molecule has 0 saturated carbocycles. The zero-order chi connectivity index (χ0) is 30.7. The van der Waals surface area contributed by atoms with Crippen LogP contribution >= 0.6 is 0 Å². The molecule has 0 spiro atoms. The monoisotopic (exact) mass is 599 g/mol. The van der Waals surface area contributed by atoms with Crippen LogP contribution in [0.1, 0.15) is 43.9 Å². The number of hydrogen-bond acceptors (Lipinski definition) is 4. The molecule has 1 amide bonds.